The number of benzene rings is 1. The molecular weight excluding hydrogens is 293 g/mol. The average Bonchev–Trinajstić information content (AvgIpc) is 3.11. The van der Waals surface area contributed by atoms with Gasteiger partial charge in [-0.2, -0.15) is 0 Å². The number of hydrogen-bond acceptors (Lipinski definition) is 4. The van der Waals surface area contributed by atoms with Crippen LogP contribution in [0.25, 0.3) is 0 Å². The van der Waals surface area contributed by atoms with Gasteiger partial charge >= 0.3 is 0 Å². The molecule has 7 heteroatoms. The Hall–Kier alpha value is -1.60. The van der Waals surface area contributed by atoms with E-state index in [1.165, 1.54) is 11.0 Å². The molecule has 0 saturated carbocycles. The van der Waals surface area contributed by atoms with Crippen molar-refractivity contribution >= 4 is 29.3 Å². The molecule has 2 unspecified atom stereocenters. The highest BCUT2D eigenvalue weighted by Crippen LogP contribution is 2.24. The Morgan fingerprint density at radius 2 is 2.24 bits per heavy atom. The van der Waals surface area contributed by atoms with Crippen LogP contribution < -0.4 is 15.5 Å². The lowest BCUT2D eigenvalue weighted by Crippen LogP contribution is -2.49. The van der Waals surface area contributed by atoms with Crippen LogP contribution in [-0.4, -0.2) is 42.1 Å². The number of nitrogens with one attached hydrogen (secondary N) is 2. The molecule has 2 aliphatic rings. The van der Waals surface area contributed by atoms with Gasteiger partial charge in [-0.15, -0.1) is 11.8 Å². The Kier molecular flexibility index (Phi) is 4.12. The van der Waals surface area contributed by atoms with E-state index in [4.69, 9.17) is 0 Å². The summed E-state index contributed by atoms with van der Waals surface area (Å²) in [6.45, 7) is 0.414. The standard InChI is InChI=1S/C14H16FN3O2S/c15-9-3-1-2-4-12(9)18-6-5-10(14(18)20)17-13(19)11-7-21-8-16-11/h1-4,10-11,16H,5-8H2,(H,17,19). The molecule has 2 fully saturated rings. The first-order valence-corrected chi connectivity index (χ1v) is 7.99. The number of amides is 2. The van der Waals surface area contributed by atoms with Gasteiger partial charge in [-0.1, -0.05) is 12.1 Å². The maximum absolute atomic E-state index is 13.8. The predicted octanol–water partition coefficient (Wildman–Crippen LogP) is 0.710. The van der Waals surface area contributed by atoms with Crippen LogP contribution in [0, 0.1) is 5.82 Å². The van der Waals surface area contributed by atoms with Gasteiger partial charge < -0.3 is 10.2 Å². The van der Waals surface area contributed by atoms with Gasteiger partial charge in [0, 0.05) is 18.2 Å². The zero-order chi connectivity index (χ0) is 14.8. The Morgan fingerprint density at radius 3 is 2.95 bits per heavy atom. The zero-order valence-electron chi connectivity index (χ0n) is 11.3. The Balaban J connectivity index is 1.66. The van der Waals surface area contributed by atoms with Crippen molar-refractivity contribution in [1.29, 1.82) is 0 Å². The molecule has 0 aliphatic carbocycles. The largest absolute Gasteiger partial charge is 0.343 e. The monoisotopic (exact) mass is 309 g/mol. The highest BCUT2D eigenvalue weighted by Gasteiger charge is 2.36. The Bertz CT molecular complexity index is 563. The third kappa shape index (κ3) is 2.89. The molecule has 112 valence electrons. The third-order valence-corrected chi connectivity index (χ3v) is 4.64. The summed E-state index contributed by atoms with van der Waals surface area (Å²) < 4.78 is 13.8. The van der Waals surface area contributed by atoms with Gasteiger partial charge in [-0.05, 0) is 18.6 Å². The first-order chi connectivity index (χ1) is 10.2. The van der Waals surface area contributed by atoms with Gasteiger partial charge in [0.15, 0.2) is 0 Å². The lowest BCUT2D eigenvalue weighted by molar-refractivity contribution is -0.127. The molecule has 2 aliphatic heterocycles. The normalized spacial score (nSPS) is 25.4. The summed E-state index contributed by atoms with van der Waals surface area (Å²) in [5.41, 5.74) is 0.272. The number of carbonyl (C=O) groups is 2. The minimum absolute atomic E-state index is 0.159. The minimum Gasteiger partial charge on any atom is -0.343 e. The van der Waals surface area contributed by atoms with E-state index in [-0.39, 0.29) is 23.5 Å². The van der Waals surface area contributed by atoms with Crippen LogP contribution in [0.5, 0.6) is 0 Å². The lowest BCUT2D eigenvalue weighted by atomic mass is 10.2. The number of rotatable bonds is 3. The van der Waals surface area contributed by atoms with E-state index < -0.39 is 11.9 Å². The molecule has 0 radical (unpaired) electrons. The SMILES string of the molecule is O=C(NC1CCN(c2ccccc2F)C1=O)C1CSCN1. The maximum Gasteiger partial charge on any atom is 0.249 e. The molecule has 1 aromatic carbocycles. The van der Waals surface area contributed by atoms with Crippen molar-refractivity contribution < 1.29 is 14.0 Å². The van der Waals surface area contributed by atoms with E-state index in [2.05, 4.69) is 10.6 Å². The zero-order valence-corrected chi connectivity index (χ0v) is 12.2. The fraction of sp³-hybridized carbons (Fsp3) is 0.429. The van der Waals surface area contributed by atoms with Crippen LogP contribution in [0.4, 0.5) is 10.1 Å². The molecule has 2 saturated heterocycles. The molecule has 2 amide bonds. The van der Waals surface area contributed by atoms with Gasteiger partial charge in [0.25, 0.3) is 0 Å². The molecule has 2 atom stereocenters. The summed E-state index contributed by atoms with van der Waals surface area (Å²) in [7, 11) is 0. The van der Waals surface area contributed by atoms with Crippen molar-refractivity contribution in [3.8, 4) is 0 Å². The van der Waals surface area contributed by atoms with Gasteiger partial charge in [-0.25, -0.2) is 4.39 Å². The average molecular weight is 309 g/mol. The van der Waals surface area contributed by atoms with Crippen LogP contribution in [0.3, 0.4) is 0 Å². The molecule has 0 aromatic heterocycles. The Morgan fingerprint density at radius 1 is 1.43 bits per heavy atom. The molecule has 2 heterocycles. The van der Waals surface area contributed by atoms with Crippen LogP contribution in [0.15, 0.2) is 24.3 Å². The van der Waals surface area contributed by atoms with Crippen molar-refractivity contribution in [2.24, 2.45) is 0 Å². The van der Waals surface area contributed by atoms with E-state index >= 15 is 0 Å². The number of thioether (sulfide) groups is 1. The maximum atomic E-state index is 13.8. The second-order valence-corrected chi connectivity index (χ2v) is 6.09. The number of carbonyl (C=O) groups excluding carboxylic acids is 2. The van der Waals surface area contributed by atoms with Crippen LogP contribution in [0.2, 0.25) is 0 Å². The highest BCUT2D eigenvalue weighted by atomic mass is 32.2. The summed E-state index contributed by atoms with van der Waals surface area (Å²) in [6, 6.07) is 5.37. The quantitative estimate of drug-likeness (QED) is 0.863. The summed E-state index contributed by atoms with van der Waals surface area (Å²) in [5.74, 6) is 0.626. The first-order valence-electron chi connectivity index (χ1n) is 6.84. The van der Waals surface area contributed by atoms with E-state index in [0.717, 1.165) is 5.88 Å². The summed E-state index contributed by atoms with van der Waals surface area (Å²) >= 11 is 1.65. The van der Waals surface area contributed by atoms with Gasteiger partial charge in [-0.3, -0.25) is 14.9 Å². The van der Waals surface area contributed by atoms with Gasteiger partial charge in [0.1, 0.15) is 11.9 Å². The minimum atomic E-state index is -0.565. The van der Waals surface area contributed by atoms with Crippen molar-refractivity contribution in [2.75, 3.05) is 23.1 Å². The molecule has 5 nitrogen and oxygen atoms in total. The number of halogens is 1. The fourth-order valence-electron chi connectivity index (χ4n) is 2.56. The van der Waals surface area contributed by atoms with E-state index in [1.54, 1.807) is 30.0 Å². The number of hydrogen-bond donors (Lipinski definition) is 2. The van der Waals surface area contributed by atoms with E-state index in [0.29, 0.717) is 18.7 Å². The first kappa shape index (κ1) is 14.3. The van der Waals surface area contributed by atoms with Crippen LogP contribution in [-0.2, 0) is 9.59 Å². The predicted molar refractivity (Wildman–Crippen MR) is 79.5 cm³/mol. The Labute approximate surface area is 126 Å². The second kappa shape index (κ2) is 6.03. The second-order valence-electron chi connectivity index (χ2n) is 5.06. The molecular formula is C14H16FN3O2S. The van der Waals surface area contributed by atoms with Crippen LogP contribution in [0.1, 0.15) is 6.42 Å². The van der Waals surface area contributed by atoms with E-state index in [1.807, 2.05) is 0 Å². The number of nitrogens with zero attached hydrogens (tertiary/aromatic N) is 1. The topological polar surface area (TPSA) is 61.4 Å². The number of anilines is 1. The molecule has 0 spiro atoms. The lowest BCUT2D eigenvalue weighted by Gasteiger charge is -2.18. The highest BCUT2D eigenvalue weighted by molar-refractivity contribution is 7.99. The van der Waals surface area contributed by atoms with E-state index in [9.17, 15) is 14.0 Å². The smallest absolute Gasteiger partial charge is 0.249 e. The molecule has 21 heavy (non-hydrogen) atoms. The van der Waals surface area contributed by atoms with Gasteiger partial charge in [0.05, 0.1) is 11.7 Å². The van der Waals surface area contributed by atoms with Crippen molar-refractivity contribution in [3.63, 3.8) is 0 Å². The van der Waals surface area contributed by atoms with Crippen LogP contribution >= 0.6 is 11.8 Å². The molecule has 0 bridgehead atoms. The summed E-state index contributed by atoms with van der Waals surface area (Å²) in [4.78, 5) is 25.8. The number of para-hydroxylation sites is 1. The fourth-order valence-corrected chi connectivity index (χ4v) is 3.50. The van der Waals surface area contributed by atoms with Gasteiger partial charge in [0.2, 0.25) is 11.8 Å². The molecule has 2 N–H and O–H groups in total. The third-order valence-electron chi connectivity index (χ3n) is 3.70. The van der Waals surface area contributed by atoms with Crippen molar-refractivity contribution in [1.82, 2.24) is 10.6 Å². The molecule has 1 aromatic rings. The summed E-state index contributed by atoms with van der Waals surface area (Å²) in [5, 5.41) is 5.82. The van der Waals surface area contributed by atoms with Crippen molar-refractivity contribution in [2.45, 2.75) is 18.5 Å². The van der Waals surface area contributed by atoms with Crippen molar-refractivity contribution in [3.05, 3.63) is 30.1 Å². The summed E-state index contributed by atoms with van der Waals surface area (Å²) in [6.07, 6.45) is 0.499. The molecule has 3 rings (SSSR count).